The molecule has 24 heavy (non-hydrogen) atoms. The van der Waals surface area contributed by atoms with Crippen LogP contribution in [0.25, 0.3) is 0 Å². The van der Waals surface area contributed by atoms with Gasteiger partial charge in [-0.3, -0.25) is 9.59 Å². The van der Waals surface area contributed by atoms with Crippen LogP contribution in [0.2, 0.25) is 0 Å². The highest BCUT2D eigenvalue weighted by atomic mass is 16.5. The lowest BCUT2D eigenvalue weighted by molar-refractivity contribution is -0.123. The van der Waals surface area contributed by atoms with Gasteiger partial charge in [0.15, 0.2) is 17.8 Å². The summed E-state index contributed by atoms with van der Waals surface area (Å²) in [4.78, 5) is 27.7. The summed E-state index contributed by atoms with van der Waals surface area (Å²) in [6, 6.07) is 0. The minimum atomic E-state index is -0.469. The molecular weight excluding hydrogens is 302 g/mol. The van der Waals surface area contributed by atoms with E-state index in [4.69, 9.17) is 4.74 Å². The summed E-state index contributed by atoms with van der Waals surface area (Å²) in [6.45, 7) is 6.32. The van der Waals surface area contributed by atoms with Crippen molar-refractivity contribution < 1.29 is 14.3 Å². The smallest absolute Gasteiger partial charge is 0.289 e. The molecule has 1 heterocycles. The SMILES string of the molecule is CCCCCCCC(C)=CC(=O)CC1=NC(=O)C(CCCCC)O1. The molecule has 0 aromatic heterocycles. The van der Waals surface area contributed by atoms with Crippen molar-refractivity contribution in [1.82, 2.24) is 0 Å². The lowest BCUT2D eigenvalue weighted by Crippen LogP contribution is -2.18. The van der Waals surface area contributed by atoms with Crippen molar-refractivity contribution >= 4 is 17.6 Å². The van der Waals surface area contributed by atoms with Crippen LogP contribution < -0.4 is 0 Å². The first-order chi connectivity index (χ1) is 11.6. The third-order valence-electron chi connectivity index (χ3n) is 4.27. The largest absolute Gasteiger partial charge is 0.467 e. The Morgan fingerprint density at radius 3 is 2.46 bits per heavy atom. The third-order valence-corrected chi connectivity index (χ3v) is 4.27. The molecule has 0 aliphatic carbocycles. The number of rotatable bonds is 13. The molecule has 1 amide bonds. The molecule has 136 valence electrons. The van der Waals surface area contributed by atoms with Crippen LogP contribution in [0.1, 0.15) is 91.4 Å². The Labute approximate surface area is 146 Å². The Bertz CT molecular complexity index is 466. The Hall–Kier alpha value is -1.45. The summed E-state index contributed by atoms with van der Waals surface area (Å²) in [5.74, 6) is 0.0332. The van der Waals surface area contributed by atoms with Crippen LogP contribution in [-0.2, 0) is 14.3 Å². The molecule has 1 aliphatic rings. The minimum absolute atomic E-state index is 0.0261. The van der Waals surface area contributed by atoms with Crippen LogP contribution in [0.4, 0.5) is 0 Å². The lowest BCUT2D eigenvalue weighted by Gasteiger charge is -2.08. The molecule has 0 fully saturated rings. The number of hydrogen-bond donors (Lipinski definition) is 0. The molecule has 4 heteroatoms. The Balaban J connectivity index is 2.30. The fourth-order valence-corrected chi connectivity index (χ4v) is 2.83. The second kappa shape index (κ2) is 12.0. The molecule has 0 aromatic rings. The average Bonchev–Trinajstić information content (AvgIpc) is 2.86. The molecule has 0 bridgehead atoms. The number of unbranched alkanes of at least 4 members (excludes halogenated alkanes) is 6. The first-order valence-electron chi connectivity index (χ1n) is 9.54. The van der Waals surface area contributed by atoms with Crippen LogP contribution in [-0.4, -0.2) is 23.7 Å². The van der Waals surface area contributed by atoms with E-state index in [1.165, 1.54) is 25.7 Å². The zero-order valence-electron chi connectivity index (χ0n) is 15.6. The van der Waals surface area contributed by atoms with Gasteiger partial charge in [-0.1, -0.05) is 57.9 Å². The molecule has 0 spiro atoms. The lowest BCUT2D eigenvalue weighted by atomic mass is 10.1. The van der Waals surface area contributed by atoms with E-state index in [1.54, 1.807) is 6.08 Å². The van der Waals surface area contributed by atoms with Crippen molar-refractivity contribution in [2.24, 2.45) is 4.99 Å². The van der Waals surface area contributed by atoms with Gasteiger partial charge in [0.1, 0.15) is 0 Å². The average molecular weight is 335 g/mol. The first kappa shape index (κ1) is 20.6. The predicted octanol–water partition coefficient (Wildman–Crippen LogP) is 5.16. The van der Waals surface area contributed by atoms with Gasteiger partial charge < -0.3 is 4.74 Å². The molecule has 1 atom stereocenters. The molecule has 0 saturated heterocycles. The highest BCUT2D eigenvalue weighted by Crippen LogP contribution is 2.17. The number of hydrogen-bond acceptors (Lipinski definition) is 3. The van der Waals surface area contributed by atoms with Crippen molar-refractivity contribution in [2.75, 3.05) is 0 Å². The van der Waals surface area contributed by atoms with Crippen molar-refractivity contribution in [2.45, 2.75) is 97.5 Å². The van der Waals surface area contributed by atoms with Crippen LogP contribution in [0, 0.1) is 0 Å². The van der Waals surface area contributed by atoms with Gasteiger partial charge >= 0.3 is 0 Å². The van der Waals surface area contributed by atoms with Gasteiger partial charge in [-0.15, -0.1) is 0 Å². The number of ketones is 1. The third kappa shape index (κ3) is 8.42. The topological polar surface area (TPSA) is 55.7 Å². The van der Waals surface area contributed by atoms with Crippen molar-refractivity contribution in [1.29, 1.82) is 0 Å². The molecule has 0 N–H and O–H groups in total. The number of carbonyl (C=O) groups is 2. The minimum Gasteiger partial charge on any atom is -0.467 e. The molecule has 0 saturated carbocycles. The number of ether oxygens (including phenoxy) is 1. The van der Waals surface area contributed by atoms with Gasteiger partial charge in [-0.25, -0.2) is 0 Å². The molecule has 1 unspecified atom stereocenters. The summed E-state index contributed by atoms with van der Waals surface area (Å²) < 4.78 is 5.55. The zero-order valence-corrected chi connectivity index (χ0v) is 15.6. The van der Waals surface area contributed by atoms with E-state index < -0.39 is 6.10 Å². The van der Waals surface area contributed by atoms with Crippen molar-refractivity contribution in [3.63, 3.8) is 0 Å². The second-order valence-corrected chi connectivity index (χ2v) is 6.74. The van der Waals surface area contributed by atoms with Crippen molar-refractivity contribution in [3.8, 4) is 0 Å². The van der Waals surface area contributed by atoms with E-state index in [0.29, 0.717) is 12.3 Å². The van der Waals surface area contributed by atoms with Gasteiger partial charge in [0, 0.05) is 0 Å². The van der Waals surface area contributed by atoms with Gasteiger partial charge in [0.05, 0.1) is 6.42 Å². The predicted molar refractivity (Wildman–Crippen MR) is 98.2 cm³/mol. The number of carbonyl (C=O) groups excluding carboxylic acids is 2. The molecule has 4 nitrogen and oxygen atoms in total. The van der Waals surface area contributed by atoms with Crippen LogP contribution in [0.15, 0.2) is 16.6 Å². The Morgan fingerprint density at radius 1 is 1.08 bits per heavy atom. The van der Waals surface area contributed by atoms with Gasteiger partial charge in [-0.2, -0.15) is 4.99 Å². The molecule has 1 aliphatic heterocycles. The maximum absolute atomic E-state index is 12.1. The summed E-state index contributed by atoms with van der Waals surface area (Å²) >= 11 is 0. The Morgan fingerprint density at radius 2 is 1.75 bits per heavy atom. The maximum atomic E-state index is 12.1. The van der Waals surface area contributed by atoms with Crippen LogP contribution in [0.3, 0.4) is 0 Å². The number of aliphatic imine (C=N–C) groups is 1. The zero-order chi connectivity index (χ0) is 17.8. The highest BCUT2D eigenvalue weighted by Gasteiger charge is 2.28. The van der Waals surface area contributed by atoms with E-state index in [1.807, 2.05) is 6.92 Å². The normalized spacial score (nSPS) is 17.8. The van der Waals surface area contributed by atoms with Gasteiger partial charge in [0.2, 0.25) is 0 Å². The number of amides is 1. The second-order valence-electron chi connectivity index (χ2n) is 6.74. The first-order valence-corrected chi connectivity index (χ1v) is 9.54. The maximum Gasteiger partial charge on any atom is 0.289 e. The van der Waals surface area contributed by atoms with E-state index in [2.05, 4.69) is 18.8 Å². The fraction of sp³-hybridized carbons (Fsp3) is 0.750. The Kier molecular flexibility index (Phi) is 10.3. The molecule has 1 rings (SSSR count). The summed E-state index contributed by atoms with van der Waals surface area (Å²) in [5, 5.41) is 0. The molecule has 0 radical (unpaired) electrons. The summed E-state index contributed by atoms with van der Waals surface area (Å²) in [5.41, 5.74) is 1.10. The van der Waals surface area contributed by atoms with E-state index in [-0.39, 0.29) is 18.1 Å². The standard InChI is InChI=1S/C20H33NO3/c1-4-6-8-9-11-12-16(3)14-17(22)15-19-21-20(23)18(24-19)13-10-7-5-2/h14,18H,4-13,15H2,1-3H3. The van der Waals surface area contributed by atoms with E-state index in [0.717, 1.165) is 37.7 Å². The molecular formula is C20H33NO3. The quantitative estimate of drug-likeness (QED) is 0.345. The van der Waals surface area contributed by atoms with Crippen LogP contribution in [0.5, 0.6) is 0 Å². The van der Waals surface area contributed by atoms with Gasteiger partial charge in [-0.05, 0) is 38.7 Å². The van der Waals surface area contributed by atoms with E-state index in [9.17, 15) is 9.59 Å². The van der Waals surface area contributed by atoms with E-state index >= 15 is 0 Å². The number of nitrogens with zero attached hydrogens (tertiary/aromatic N) is 1. The fourth-order valence-electron chi connectivity index (χ4n) is 2.83. The monoisotopic (exact) mass is 335 g/mol. The summed E-state index contributed by atoms with van der Waals surface area (Å²) in [6.07, 6.45) is 12.3. The highest BCUT2D eigenvalue weighted by molar-refractivity contribution is 6.09. The van der Waals surface area contributed by atoms with Crippen LogP contribution >= 0.6 is 0 Å². The molecule has 0 aromatic carbocycles. The number of allylic oxidation sites excluding steroid dienone is 2. The van der Waals surface area contributed by atoms with Gasteiger partial charge in [0.25, 0.3) is 5.91 Å². The summed E-state index contributed by atoms with van der Waals surface area (Å²) in [7, 11) is 0. The van der Waals surface area contributed by atoms with Crippen molar-refractivity contribution in [3.05, 3.63) is 11.6 Å².